The summed E-state index contributed by atoms with van der Waals surface area (Å²) in [5, 5.41) is 3.12. The molecule has 0 aromatic heterocycles. The van der Waals surface area contributed by atoms with E-state index in [2.05, 4.69) is 25.1 Å². The molecule has 0 bridgehead atoms. The fraction of sp³-hybridized carbons (Fsp3) is 0.0909. The van der Waals surface area contributed by atoms with E-state index in [0.717, 1.165) is 12.2 Å². The zero-order valence-corrected chi connectivity index (χ0v) is 7.29. The summed E-state index contributed by atoms with van der Waals surface area (Å²) in [6, 6.07) is 0. The zero-order chi connectivity index (χ0) is 9.23. The first kappa shape index (κ1) is 10.5. The predicted molar refractivity (Wildman–Crippen MR) is 55.8 cm³/mol. The number of hydrogen-bond donors (Lipinski definition) is 1. The Morgan fingerprint density at radius 2 is 1.92 bits per heavy atom. The Balaban J connectivity index is 4.02. The first-order valence-corrected chi connectivity index (χ1v) is 3.81. The van der Waals surface area contributed by atoms with Gasteiger partial charge in [0.1, 0.15) is 0 Å². The Morgan fingerprint density at radius 3 is 2.42 bits per heavy atom. The van der Waals surface area contributed by atoms with Crippen LogP contribution in [0.15, 0.2) is 61.9 Å². The van der Waals surface area contributed by atoms with Crippen molar-refractivity contribution in [3.05, 3.63) is 61.9 Å². The van der Waals surface area contributed by atoms with Gasteiger partial charge in [-0.15, -0.1) is 6.58 Å². The molecule has 12 heavy (non-hydrogen) atoms. The third-order valence-electron chi connectivity index (χ3n) is 1.19. The molecule has 64 valence electrons. The van der Waals surface area contributed by atoms with Gasteiger partial charge in [0.15, 0.2) is 0 Å². The monoisotopic (exact) mass is 161 g/mol. The molecule has 0 unspecified atom stereocenters. The number of allylic oxidation sites excluding steroid dienone is 5. The summed E-state index contributed by atoms with van der Waals surface area (Å²) in [5.41, 5.74) is 0.980. The average Bonchev–Trinajstić information content (AvgIpc) is 2.11. The van der Waals surface area contributed by atoms with Crippen LogP contribution >= 0.6 is 0 Å². The van der Waals surface area contributed by atoms with Crippen molar-refractivity contribution in [2.24, 2.45) is 0 Å². The van der Waals surface area contributed by atoms with Gasteiger partial charge in [-0.1, -0.05) is 37.5 Å². The molecule has 1 heteroatoms. The van der Waals surface area contributed by atoms with Crippen molar-refractivity contribution in [2.75, 3.05) is 6.54 Å². The Bertz CT molecular complexity index is 209. The van der Waals surface area contributed by atoms with Gasteiger partial charge in [0.2, 0.25) is 0 Å². The lowest BCUT2D eigenvalue weighted by atomic mass is 10.3. The summed E-state index contributed by atoms with van der Waals surface area (Å²) in [5.74, 6) is 0. The van der Waals surface area contributed by atoms with Crippen LogP contribution in [0.2, 0.25) is 0 Å². The first-order chi connectivity index (χ1) is 5.85. The summed E-state index contributed by atoms with van der Waals surface area (Å²) in [6.45, 7) is 11.6. The maximum atomic E-state index is 3.67. The smallest absolute Gasteiger partial charge is 0.0336 e. The molecule has 0 heterocycles. The molecule has 0 atom stereocenters. The van der Waals surface area contributed by atoms with Gasteiger partial charge in [-0.05, 0) is 12.2 Å². The van der Waals surface area contributed by atoms with Gasteiger partial charge in [0, 0.05) is 12.2 Å². The molecule has 0 rings (SSSR count). The number of rotatable bonds is 6. The normalized spacial score (nSPS) is 11.2. The van der Waals surface area contributed by atoms with Gasteiger partial charge in [-0.3, -0.25) is 0 Å². The predicted octanol–water partition coefficient (Wildman–Crippen LogP) is 2.57. The van der Waals surface area contributed by atoms with E-state index in [1.807, 2.05) is 18.2 Å². The van der Waals surface area contributed by atoms with E-state index in [1.54, 1.807) is 18.2 Å². The quantitative estimate of drug-likeness (QED) is 0.466. The van der Waals surface area contributed by atoms with Gasteiger partial charge >= 0.3 is 0 Å². The van der Waals surface area contributed by atoms with Crippen LogP contribution in [0, 0.1) is 0 Å². The van der Waals surface area contributed by atoms with Crippen LogP contribution in [0.1, 0.15) is 0 Å². The maximum absolute atomic E-state index is 3.67. The van der Waals surface area contributed by atoms with Gasteiger partial charge in [-0.25, -0.2) is 0 Å². The van der Waals surface area contributed by atoms with E-state index >= 15 is 0 Å². The molecule has 0 fully saturated rings. The SMILES string of the molecule is C=C/C=C\C=C(/C=C)NCC=C. The summed E-state index contributed by atoms with van der Waals surface area (Å²) in [6.07, 6.45) is 11.0. The molecule has 1 nitrogen and oxygen atoms in total. The fourth-order valence-electron chi connectivity index (χ4n) is 0.627. The van der Waals surface area contributed by atoms with Crippen LogP contribution in [-0.2, 0) is 0 Å². The number of hydrogen-bond acceptors (Lipinski definition) is 1. The second-order valence-corrected chi connectivity index (χ2v) is 2.12. The van der Waals surface area contributed by atoms with Crippen LogP contribution in [0.4, 0.5) is 0 Å². The first-order valence-electron chi connectivity index (χ1n) is 3.81. The van der Waals surface area contributed by atoms with Crippen molar-refractivity contribution in [1.29, 1.82) is 0 Å². The molecule has 0 aromatic carbocycles. The average molecular weight is 161 g/mol. The minimum atomic E-state index is 0.750. The van der Waals surface area contributed by atoms with Crippen LogP contribution in [-0.4, -0.2) is 6.54 Å². The van der Waals surface area contributed by atoms with Crippen molar-refractivity contribution in [1.82, 2.24) is 5.32 Å². The standard InChI is InChI=1S/C11H15N/c1-4-7-8-9-11(6-3)12-10-5-2/h4-9,12H,1-3,10H2/b8-7-,11-9+. The lowest BCUT2D eigenvalue weighted by Crippen LogP contribution is -2.10. The van der Waals surface area contributed by atoms with Crippen LogP contribution in [0.5, 0.6) is 0 Å². The molecular formula is C11H15N. The summed E-state index contributed by atoms with van der Waals surface area (Å²) in [4.78, 5) is 0. The van der Waals surface area contributed by atoms with Crippen molar-refractivity contribution < 1.29 is 0 Å². The zero-order valence-electron chi connectivity index (χ0n) is 7.29. The highest BCUT2D eigenvalue weighted by atomic mass is 14.9. The number of nitrogens with one attached hydrogen (secondary N) is 1. The highest BCUT2D eigenvalue weighted by molar-refractivity contribution is 5.22. The van der Waals surface area contributed by atoms with Crippen molar-refractivity contribution in [3.8, 4) is 0 Å². The van der Waals surface area contributed by atoms with E-state index in [1.165, 1.54) is 0 Å². The van der Waals surface area contributed by atoms with Gasteiger partial charge in [0.05, 0.1) is 0 Å². The van der Waals surface area contributed by atoms with E-state index in [0.29, 0.717) is 0 Å². The molecule has 0 saturated heterocycles. The van der Waals surface area contributed by atoms with Crippen molar-refractivity contribution >= 4 is 0 Å². The fourth-order valence-corrected chi connectivity index (χ4v) is 0.627. The van der Waals surface area contributed by atoms with Gasteiger partial charge in [0.25, 0.3) is 0 Å². The Morgan fingerprint density at radius 1 is 1.17 bits per heavy atom. The van der Waals surface area contributed by atoms with E-state index < -0.39 is 0 Å². The van der Waals surface area contributed by atoms with Crippen LogP contribution in [0.25, 0.3) is 0 Å². The Labute approximate surface area is 74.5 Å². The molecule has 0 radical (unpaired) electrons. The molecule has 0 aliphatic carbocycles. The molecular weight excluding hydrogens is 146 g/mol. The molecule has 0 spiro atoms. The molecule has 1 N–H and O–H groups in total. The van der Waals surface area contributed by atoms with E-state index in [-0.39, 0.29) is 0 Å². The topological polar surface area (TPSA) is 12.0 Å². The van der Waals surface area contributed by atoms with Gasteiger partial charge in [-0.2, -0.15) is 0 Å². The van der Waals surface area contributed by atoms with E-state index in [9.17, 15) is 0 Å². The Hall–Kier alpha value is -1.50. The molecule has 0 aliphatic heterocycles. The molecule has 0 aliphatic rings. The summed E-state index contributed by atoms with van der Waals surface area (Å²) in [7, 11) is 0. The Kier molecular flexibility index (Phi) is 6.65. The molecule has 0 saturated carbocycles. The summed E-state index contributed by atoms with van der Waals surface area (Å²) < 4.78 is 0. The lowest BCUT2D eigenvalue weighted by molar-refractivity contribution is 0.938. The lowest BCUT2D eigenvalue weighted by Gasteiger charge is -2.00. The van der Waals surface area contributed by atoms with Crippen molar-refractivity contribution in [3.63, 3.8) is 0 Å². The highest BCUT2D eigenvalue weighted by Gasteiger charge is 1.83. The molecule has 0 aromatic rings. The largest absolute Gasteiger partial charge is 0.382 e. The minimum absolute atomic E-state index is 0.750. The van der Waals surface area contributed by atoms with Crippen molar-refractivity contribution in [2.45, 2.75) is 0 Å². The van der Waals surface area contributed by atoms with Gasteiger partial charge < -0.3 is 5.32 Å². The summed E-state index contributed by atoms with van der Waals surface area (Å²) >= 11 is 0. The second-order valence-electron chi connectivity index (χ2n) is 2.12. The second kappa shape index (κ2) is 7.61. The third kappa shape index (κ3) is 5.30. The maximum Gasteiger partial charge on any atom is 0.0336 e. The minimum Gasteiger partial charge on any atom is -0.382 e. The highest BCUT2D eigenvalue weighted by Crippen LogP contribution is 1.90. The third-order valence-corrected chi connectivity index (χ3v) is 1.19. The molecule has 0 amide bonds. The van der Waals surface area contributed by atoms with Crippen LogP contribution < -0.4 is 5.32 Å². The van der Waals surface area contributed by atoms with E-state index in [4.69, 9.17) is 0 Å². The van der Waals surface area contributed by atoms with Crippen LogP contribution in [0.3, 0.4) is 0 Å².